The summed E-state index contributed by atoms with van der Waals surface area (Å²) in [6.45, 7) is 0.848. The summed E-state index contributed by atoms with van der Waals surface area (Å²) in [5.41, 5.74) is 6.43. The average Bonchev–Trinajstić information content (AvgIpc) is 3.08. The lowest BCUT2D eigenvalue weighted by molar-refractivity contribution is -0.204. The van der Waals surface area contributed by atoms with Crippen LogP contribution in [0.15, 0.2) is 12.1 Å². The molecule has 1 spiro atoms. The predicted octanol–water partition coefficient (Wildman–Crippen LogP) is 0.961. The molecule has 1 saturated heterocycles. The Morgan fingerprint density at radius 3 is 2.73 bits per heavy atom. The number of phenols is 1. The summed E-state index contributed by atoms with van der Waals surface area (Å²) in [5, 5.41) is 23.4. The first kappa shape index (κ1) is 25.8. The van der Waals surface area contributed by atoms with Crippen LogP contribution >= 0.6 is 24.8 Å². The number of methoxy groups -OCH3 is 1. The van der Waals surface area contributed by atoms with Gasteiger partial charge in [-0.15, -0.1) is 24.8 Å². The number of carbonyl (C=O) groups excluding carboxylic acids is 1. The SMILES string of the molecule is CO[C@@]12CCC(N[C@@H](CC(N)=O)C(=O)O)C3Oc4c(O)ccc5c4[C@@]31CCN(C)[C@@H]2C5.Cl.Cl. The number of aromatic hydroxyl groups is 1. The van der Waals surface area contributed by atoms with Crippen LogP contribution in [0.4, 0.5) is 0 Å². The Hall–Kier alpha value is -1.78. The van der Waals surface area contributed by atoms with Crippen LogP contribution in [-0.2, 0) is 26.2 Å². The van der Waals surface area contributed by atoms with Crippen molar-refractivity contribution in [2.75, 3.05) is 20.7 Å². The molecule has 6 atom stereocenters. The van der Waals surface area contributed by atoms with Crippen LogP contribution in [0.5, 0.6) is 11.5 Å². The Labute approximate surface area is 204 Å². The highest BCUT2D eigenvalue weighted by Gasteiger charge is 2.73. The predicted molar refractivity (Wildman–Crippen MR) is 125 cm³/mol. The Kier molecular flexibility index (Phi) is 6.87. The number of carboxylic acids is 1. The number of hydrogen-bond donors (Lipinski definition) is 4. The molecular formula is C22H31Cl2N3O6. The standard InChI is InChI=1S/C22H29N3O6.2ClH/c1-25-8-7-21-17-11-3-4-14(26)18(17)31-19(21)12(24-13(20(28)29)10-16(23)27)5-6-22(21,30-2)15(25)9-11;;/h3-4,12-13,15,19,24,26H,5-10H2,1-2H3,(H2,23,27)(H,28,29);2*1H/t12?,13-,15+,19?,21-,22+;;/m0../s1. The smallest absolute Gasteiger partial charge is 0.321 e. The van der Waals surface area contributed by atoms with Crippen molar-refractivity contribution >= 4 is 36.7 Å². The van der Waals surface area contributed by atoms with Crippen molar-refractivity contribution < 1.29 is 29.3 Å². The van der Waals surface area contributed by atoms with E-state index in [1.165, 1.54) is 0 Å². The number of nitrogens with zero attached hydrogens (tertiary/aromatic N) is 1. The molecule has 4 aliphatic rings. The molecule has 11 heteroatoms. The first-order valence-corrected chi connectivity index (χ1v) is 10.8. The first-order chi connectivity index (χ1) is 14.7. The molecule has 1 aromatic rings. The molecule has 1 aromatic carbocycles. The summed E-state index contributed by atoms with van der Waals surface area (Å²) < 4.78 is 12.8. The molecule has 0 radical (unpaired) electrons. The second kappa shape index (κ2) is 8.78. The molecular weight excluding hydrogens is 473 g/mol. The highest BCUT2D eigenvalue weighted by atomic mass is 35.5. The summed E-state index contributed by atoms with van der Waals surface area (Å²) in [6.07, 6.45) is 2.20. The van der Waals surface area contributed by atoms with Crippen LogP contribution in [0, 0.1) is 0 Å². The molecule has 5 rings (SSSR count). The number of phenolic OH excluding ortho intramolecular Hbond substituents is 1. The zero-order chi connectivity index (χ0) is 22.1. The number of rotatable bonds is 6. The molecule has 9 nitrogen and oxygen atoms in total. The third-order valence-corrected chi connectivity index (χ3v) is 8.17. The van der Waals surface area contributed by atoms with Gasteiger partial charge >= 0.3 is 5.97 Å². The molecule has 2 unspecified atom stereocenters. The van der Waals surface area contributed by atoms with Crippen LogP contribution in [0.25, 0.3) is 0 Å². The second-order valence-corrected chi connectivity index (χ2v) is 9.37. The van der Waals surface area contributed by atoms with Gasteiger partial charge in [0.15, 0.2) is 11.5 Å². The van der Waals surface area contributed by atoms with E-state index in [1.54, 1.807) is 13.2 Å². The van der Waals surface area contributed by atoms with Gasteiger partial charge in [-0.05, 0) is 50.9 Å². The van der Waals surface area contributed by atoms with Gasteiger partial charge in [-0.2, -0.15) is 0 Å². The van der Waals surface area contributed by atoms with Crippen LogP contribution in [0.2, 0.25) is 0 Å². The lowest BCUT2D eigenvalue weighted by Crippen LogP contribution is -2.78. The number of primary amides is 1. The van der Waals surface area contributed by atoms with E-state index in [0.29, 0.717) is 18.6 Å². The maximum absolute atomic E-state index is 11.8. The van der Waals surface area contributed by atoms with Gasteiger partial charge in [0.1, 0.15) is 12.1 Å². The minimum atomic E-state index is -1.12. The number of likely N-dealkylation sites (tertiary alicyclic amines) is 1. The van der Waals surface area contributed by atoms with E-state index in [-0.39, 0.29) is 49.1 Å². The fraction of sp³-hybridized carbons (Fsp3) is 0.636. The van der Waals surface area contributed by atoms with Gasteiger partial charge in [0.25, 0.3) is 0 Å². The zero-order valence-corrected chi connectivity index (χ0v) is 20.2. The summed E-state index contributed by atoms with van der Waals surface area (Å²) >= 11 is 0. The van der Waals surface area contributed by atoms with Crippen LogP contribution in [-0.4, -0.2) is 77.5 Å². The minimum absolute atomic E-state index is 0. The van der Waals surface area contributed by atoms with E-state index in [4.69, 9.17) is 15.2 Å². The van der Waals surface area contributed by atoms with Crippen molar-refractivity contribution in [3.63, 3.8) is 0 Å². The lowest BCUT2D eigenvalue weighted by Gasteiger charge is -2.65. The number of amides is 1. The van der Waals surface area contributed by atoms with Crippen LogP contribution in [0.1, 0.15) is 36.8 Å². The molecule has 2 heterocycles. The van der Waals surface area contributed by atoms with Gasteiger partial charge in [-0.1, -0.05) is 6.07 Å². The Bertz CT molecular complexity index is 964. The number of piperidine rings is 1. The van der Waals surface area contributed by atoms with E-state index in [0.717, 1.165) is 30.5 Å². The number of benzene rings is 1. The zero-order valence-electron chi connectivity index (χ0n) is 18.6. The number of nitrogens with one attached hydrogen (secondary N) is 1. The number of carboxylic acid groups (broad SMARTS) is 1. The van der Waals surface area contributed by atoms with E-state index in [9.17, 15) is 19.8 Å². The van der Waals surface area contributed by atoms with E-state index < -0.39 is 35.0 Å². The first-order valence-electron chi connectivity index (χ1n) is 10.8. The second-order valence-electron chi connectivity index (χ2n) is 9.37. The van der Waals surface area contributed by atoms with Crippen molar-refractivity contribution in [1.82, 2.24) is 10.2 Å². The number of likely N-dealkylation sites (N-methyl/N-ethyl adjacent to an activating group) is 1. The largest absolute Gasteiger partial charge is 0.504 e. The molecule has 2 fully saturated rings. The minimum Gasteiger partial charge on any atom is -0.504 e. The summed E-state index contributed by atoms with van der Waals surface area (Å²) in [7, 11) is 3.87. The third kappa shape index (κ3) is 3.31. The van der Waals surface area contributed by atoms with Crippen molar-refractivity contribution in [3.05, 3.63) is 23.3 Å². The Morgan fingerprint density at radius 2 is 2.09 bits per heavy atom. The fourth-order valence-corrected chi connectivity index (χ4v) is 6.99. The van der Waals surface area contributed by atoms with Crippen molar-refractivity contribution in [1.29, 1.82) is 0 Å². The molecule has 2 bridgehead atoms. The van der Waals surface area contributed by atoms with Crippen molar-refractivity contribution in [2.24, 2.45) is 5.73 Å². The number of ether oxygens (including phenoxy) is 2. The lowest BCUT2D eigenvalue weighted by atomic mass is 9.48. The Balaban J connectivity index is 0.00000153. The average molecular weight is 504 g/mol. The van der Waals surface area contributed by atoms with E-state index in [1.807, 2.05) is 6.07 Å². The van der Waals surface area contributed by atoms with Gasteiger partial charge in [-0.3, -0.25) is 14.9 Å². The monoisotopic (exact) mass is 503 g/mol. The number of nitrogens with two attached hydrogens (primary N) is 1. The fourth-order valence-electron chi connectivity index (χ4n) is 6.99. The number of carbonyl (C=O) groups is 2. The summed E-state index contributed by atoms with van der Waals surface area (Å²) in [5.74, 6) is -1.21. The maximum atomic E-state index is 11.8. The molecule has 2 aliphatic carbocycles. The molecule has 1 amide bonds. The molecule has 5 N–H and O–H groups in total. The van der Waals surface area contributed by atoms with E-state index >= 15 is 0 Å². The molecule has 1 saturated carbocycles. The molecule has 33 heavy (non-hydrogen) atoms. The van der Waals surface area contributed by atoms with Gasteiger partial charge in [0.05, 0.1) is 17.4 Å². The Morgan fingerprint density at radius 1 is 1.36 bits per heavy atom. The van der Waals surface area contributed by atoms with Crippen molar-refractivity contribution in [3.8, 4) is 11.5 Å². The summed E-state index contributed by atoms with van der Waals surface area (Å²) in [6, 6.07) is 2.37. The highest BCUT2D eigenvalue weighted by molar-refractivity contribution is 5.85. The van der Waals surface area contributed by atoms with E-state index in [2.05, 4.69) is 17.3 Å². The molecule has 0 aromatic heterocycles. The highest BCUT2D eigenvalue weighted by Crippen LogP contribution is 2.66. The number of hydrogen-bond acceptors (Lipinski definition) is 7. The quantitative estimate of drug-likeness (QED) is 0.450. The number of halogens is 2. The van der Waals surface area contributed by atoms with Crippen LogP contribution < -0.4 is 15.8 Å². The normalized spacial score (nSPS) is 34.2. The maximum Gasteiger partial charge on any atom is 0.321 e. The van der Waals surface area contributed by atoms with Gasteiger partial charge < -0.3 is 30.3 Å². The van der Waals surface area contributed by atoms with Crippen molar-refractivity contribution in [2.45, 2.75) is 67.3 Å². The van der Waals surface area contributed by atoms with Gasteiger partial charge in [-0.25, -0.2) is 0 Å². The summed E-state index contributed by atoms with van der Waals surface area (Å²) in [4.78, 5) is 25.6. The van der Waals surface area contributed by atoms with Crippen LogP contribution in [0.3, 0.4) is 0 Å². The van der Waals surface area contributed by atoms with Gasteiger partial charge in [0, 0.05) is 24.8 Å². The topological polar surface area (TPSA) is 134 Å². The third-order valence-electron chi connectivity index (χ3n) is 8.17. The number of aliphatic carboxylic acids is 1. The van der Waals surface area contributed by atoms with Gasteiger partial charge in [0.2, 0.25) is 5.91 Å². The molecule has 2 aliphatic heterocycles. The molecule has 184 valence electrons.